The Kier molecular flexibility index (Phi) is 7.88. The summed E-state index contributed by atoms with van der Waals surface area (Å²) in [7, 11) is 0. The van der Waals surface area contributed by atoms with E-state index in [4.69, 9.17) is 0 Å². The van der Waals surface area contributed by atoms with Crippen LogP contribution in [-0.2, 0) is 4.79 Å². The number of hydrogen-bond donors (Lipinski definition) is 0. The van der Waals surface area contributed by atoms with Gasteiger partial charge in [0.05, 0.1) is 0 Å². The highest BCUT2D eigenvalue weighted by Crippen LogP contribution is 2.44. The first-order valence-electron chi connectivity index (χ1n) is 10.1. The van der Waals surface area contributed by atoms with Gasteiger partial charge in [-0.25, -0.2) is 0 Å². The molecule has 0 saturated heterocycles. The van der Waals surface area contributed by atoms with Gasteiger partial charge in [0.2, 0.25) is 0 Å². The molecule has 0 amide bonds. The van der Waals surface area contributed by atoms with Gasteiger partial charge < -0.3 is 0 Å². The smallest absolute Gasteiger partial charge is 0.199 e. The van der Waals surface area contributed by atoms with E-state index in [0.717, 1.165) is 22.5 Å². The zero-order valence-electron chi connectivity index (χ0n) is 18.0. The Morgan fingerprint density at radius 3 is 1.89 bits per heavy atom. The normalized spacial score (nSPS) is 13.5. The Labute approximate surface area is 175 Å². The number of thioether (sulfide) groups is 1. The summed E-state index contributed by atoms with van der Waals surface area (Å²) in [5, 5.41) is 0.217. The first-order chi connectivity index (χ1) is 13.3. The third-order valence-electron chi connectivity index (χ3n) is 5.53. The molecule has 0 aliphatic carbocycles. The monoisotopic (exact) mass is 392 g/mol. The van der Waals surface area contributed by atoms with Crippen LogP contribution >= 0.6 is 11.8 Å². The lowest BCUT2D eigenvalue weighted by Crippen LogP contribution is -2.27. The van der Waals surface area contributed by atoms with Crippen molar-refractivity contribution in [2.24, 2.45) is 11.3 Å². The topological polar surface area (TPSA) is 17.1 Å². The molecule has 1 nitrogen and oxygen atoms in total. The largest absolute Gasteiger partial charge is 0.286 e. The maximum Gasteiger partial charge on any atom is 0.199 e. The molecule has 0 atom stereocenters. The molecule has 2 aromatic rings. The van der Waals surface area contributed by atoms with Crippen LogP contribution in [-0.4, -0.2) is 5.12 Å². The molecule has 2 aromatic carbocycles. The summed E-state index contributed by atoms with van der Waals surface area (Å²) in [6.07, 6.45) is 3.00. The fraction of sp³-hybridized carbons (Fsp3) is 0.346. The second-order valence-corrected chi connectivity index (χ2v) is 8.84. The lowest BCUT2D eigenvalue weighted by atomic mass is 9.83. The highest BCUT2D eigenvalue weighted by atomic mass is 32.2. The highest BCUT2D eigenvalue weighted by Gasteiger charge is 2.33. The summed E-state index contributed by atoms with van der Waals surface area (Å²) in [5.41, 5.74) is 4.28. The Morgan fingerprint density at radius 1 is 0.964 bits per heavy atom. The van der Waals surface area contributed by atoms with Gasteiger partial charge in [0.1, 0.15) is 0 Å². The third kappa shape index (κ3) is 5.05. The highest BCUT2D eigenvalue weighted by molar-refractivity contribution is 8.17. The number of hydrogen-bond acceptors (Lipinski definition) is 2. The van der Waals surface area contributed by atoms with Gasteiger partial charge in [0, 0.05) is 10.3 Å². The quantitative estimate of drug-likeness (QED) is 0.446. The van der Waals surface area contributed by atoms with Crippen LogP contribution in [0.4, 0.5) is 0 Å². The van der Waals surface area contributed by atoms with Gasteiger partial charge in [0.25, 0.3) is 0 Å². The van der Waals surface area contributed by atoms with E-state index in [1.807, 2.05) is 12.1 Å². The summed E-state index contributed by atoms with van der Waals surface area (Å²) in [4.78, 5) is 14.4. The zero-order chi connectivity index (χ0) is 20.7. The number of rotatable bonds is 7. The molecular formula is C26H32OS. The van der Waals surface area contributed by atoms with Gasteiger partial charge in [-0.15, -0.1) is 0 Å². The summed E-state index contributed by atoms with van der Waals surface area (Å²) in [5.74, 6) is 0.279. The standard InChI is InChI=1S/C26H32OS/c1-7-22(20-15-11-9-12-16-20)24(28-25(27)26(5,6)19(3)4)23(8-2)21-17-13-10-14-18-21/h7,9-19H,8H2,1-6H3/b22-7-,24-23-. The van der Waals surface area contributed by atoms with Crippen molar-refractivity contribution in [3.8, 4) is 0 Å². The number of allylic oxidation sites excluding steroid dienone is 3. The van der Waals surface area contributed by atoms with Crippen molar-refractivity contribution in [2.75, 3.05) is 0 Å². The van der Waals surface area contributed by atoms with E-state index in [2.05, 4.69) is 96.1 Å². The maximum absolute atomic E-state index is 13.3. The van der Waals surface area contributed by atoms with Crippen LogP contribution in [0.2, 0.25) is 0 Å². The maximum atomic E-state index is 13.3. The van der Waals surface area contributed by atoms with Gasteiger partial charge in [-0.3, -0.25) is 4.79 Å². The molecule has 0 aromatic heterocycles. The van der Waals surface area contributed by atoms with Gasteiger partial charge in [0.15, 0.2) is 5.12 Å². The minimum atomic E-state index is -0.388. The summed E-state index contributed by atoms with van der Waals surface area (Å²) in [6.45, 7) is 12.6. The first kappa shape index (κ1) is 22.2. The molecule has 0 saturated carbocycles. The van der Waals surface area contributed by atoms with Crippen molar-refractivity contribution in [2.45, 2.75) is 48.0 Å². The fourth-order valence-electron chi connectivity index (χ4n) is 2.92. The molecule has 0 heterocycles. The summed E-state index contributed by atoms with van der Waals surface area (Å²) in [6, 6.07) is 20.8. The van der Waals surface area contributed by atoms with Crippen LogP contribution in [0.25, 0.3) is 11.1 Å². The van der Waals surface area contributed by atoms with E-state index in [1.165, 1.54) is 22.9 Å². The molecule has 2 rings (SSSR count). The van der Waals surface area contributed by atoms with Crippen LogP contribution in [0.3, 0.4) is 0 Å². The molecule has 0 spiro atoms. The van der Waals surface area contributed by atoms with Crippen LogP contribution in [0.5, 0.6) is 0 Å². The molecule has 2 heteroatoms. The average Bonchev–Trinajstić information content (AvgIpc) is 2.70. The summed E-state index contributed by atoms with van der Waals surface area (Å²) >= 11 is 1.41. The predicted octanol–water partition coefficient (Wildman–Crippen LogP) is 7.85. The molecule has 28 heavy (non-hydrogen) atoms. The lowest BCUT2D eigenvalue weighted by molar-refractivity contribution is -0.120. The van der Waals surface area contributed by atoms with Gasteiger partial charge >= 0.3 is 0 Å². The molecule has 0 N–H and O–H groups in total. The van der Waals surface area contributed by atoms with Crippen molar-refractivity contribution in [3.63, 3.8) is 0 Å². The van der Waals surface area contributed by atoms with Gasteiger partial charge in [-0.2, -0.15) is 0 Å². The third-order valence-corrected chi connectivity index (χ3v) is 6.91. The SMILES string of the molecule is C/C=C(\C(SC(=O)C(C)(C)C(C)C)=C(/CC)c1ccccc1)c1ccccc1. The van der Waals surface area contributed by atoms with Gasteiger partial charge in [-0.1, -0.05) is 113 Å². The van der Waals surface area contributed by atoms with Gasteiger partial charge in [-0.05, 0) is 41.5 Å². The number of carbonyl (C=O) groups excluding carboxylic acids is 1. The molecule has 0 aliphatic heterocycles. The van der Waals surface area contributed by atoms with E-state index < -0.39 is 0 Å². The number of benzene rings is 2. The molecule has 148 valence electrons. The van der Waals surface area contributed by atoms with Crippen molar-refractivity contribution >= 4 is 28.0 Å². The first-order valence-corrected chi connectivity index (χ1v) is 10.9. The Bertz CT molecular complexity index is 843. The van der Waals surface area contributed by atoms with E-state index in [0.29, 0.717) is 0 Å². The van der Waals surface area contributed by atoms with E-state index in [9.17, 15) is 4.79 Å². The van der Waals surface area contributed by atoms with Crippen LogP contribution in [0, 0.1) is 11.3 Å². The van der Waals surface area contributed by atoms with Crippen molar-refractivity contribution in [3.05, 3.63) is 82.8 Å². The molecule has 0 bridgehead atoms. The fourth-order valence-corrected chi connectivity index (χ4v) is 4.34. The Morgan fingerprint density at radius 2 is 1.46 bits per heavy atom. The van der Waals surface area contributed by atoms with Crippen LogP contribution < -0.4 is 0 Å². The average molecular weight is 393 g/mol. The van der Waals surface area contributed by atoms with Crippen LogP contribution in [0.15, 0.2) is 71.6 Å². The number of carbonyl (C=O) groups is 1. The molecule has 0 aliphatic rings. The van der Waals surface area contributed by atoms with Crippen molar-refractivity contribution in [1.82, 2.24) is 0 Å². The molecule has 0 fully saturated rings. The molecule has 0 radical (unpaired) electrons. The molecular weight excluding hydrogens is 360 g/mol. The Balaban J connectivity index is 2.65. The van der Waals surface area contributed by atoms with E-state index >= 15 is 0 Å². The predicted molar refractivity (Wildman–Crippen MR) is 125 cm³/mol. The lowest BCUT2D eigenvalue weighted by Gasteiger charge is -2.28. The van der Waals surface area contributed by atoms with Crippen molar-refractivity contribution < 1.29 is 4.79 Å². The Hall–Kier alpha value is -2.06. The minimum absolute atomic E-state index is 0.217. The zero-order valence-corrected chi connectivity index (χ0v) is 18.8. The molecule has 0 unspecified atom stereocenters. The van der Waals surface area contributed by atoms with Crippen molar-refractivity contribution in [1.29, 1.82) is 0 Å². The van der Waals surface area contributed by atoms with E-state index in [1.54, 1.807) is 0 Å². The summed E-state index contributed by atoms with van der Waals surface area (Å²) < 4.78 is 0. The minimum Gasteiger partial charge on any atom is -0.286 e. The van der Waals surface area contributed by atoms with E-state index in [-0.39, 0.29) is 16.4 Å². The van der Waals surface area contributed by atoms with Crippen LogP contribution in [0.1, 0.15) is 59.1 Å². The second-order valence-electron chi connectivity index (χ2n) is 7.86. The second kappa shape index (κ2) is 9.93.